The van der Waals surface area contributed by atoms with Crippen LogP contribution in [0.4, 0.5) is 0 Å². The first-order chi connectivity index (χ1) is 14.3. The van der Waals surface area contributed by atoms with Crippen molar-refractivity contribution in [2.24, 2.45) is 0 Å². The molecule has 2 heterocycles. The lowest BCUT2D eigenvalue weighted by atomic mass is 9.89. The van der Waals surface area contributed by atoms with Crippen molar-refractivity contribution in [2.75, 3.05) is 6.61 Å². The molecule has 1 aliphatic heterocycles. The number of ether oxygens (including phenoxy) is 1. The summed E-state index contributed by atoms with van der Waals surface area (Å²) < 4.78 is 11.1. The molecule has 1 aliphatic rings. The first-order valence-corrected chi connectivity index (χ1v) is 9.20. The molecule has 1 fully saturated rings. The van der Waals surface area contributed by atoms with Crippen LogP contribution in [-0.2, 0) is 4.74 Å². The van der Waals surface area contributed by atoms with Crippen LogP contribution in [0.1, 0.15) is 11.7 Å². The number of aliphatic hydroxyl groups is 4. The summed E-state index contributed by atoms with van der Waals surface area (Å²) in [5.74, 6) is -0.314. The number of hydrogen-bond donors (Lipinski definition) is 6. The van der Waals surface area contributed by atoms with Gasteiger partial charge in [-0.2, -0.15) is 0 Å². The molecule has 2 unspecified atom stereocenters. The Morgan fingerprint density at radius 1 is 0.900 bits per heavy atom. The summed E-state index contributed by atoms with van der Waals surface area (Å²) in [6, 6.07) is 8.54. The number of fused-ring (bicyclic) bond motifs is 1. The fourth-order valence-corrected chi connectivity index (χ4v) is 3.67. The van der Waals surface area contributed by atoms with Gasteiger partial charge in [-0.3, -0.25) is 4.79 Å². The topological polar surface area (TPSA) is 161 Å². The van der Waals surface area contributed by atoms with Gasteiger partial charge in [0.25, 0.3) is 0 Å². The number of benzene rings is 2. The van der Waals surface area contributed by atoms with E-state index in [1.54, 1.807) is 12.1 Å². The Morgan fingerprint density at radius 3 is 2.27 bits per heavy atom. The third-order valence-electron chi connectivity index (χ3n) is 5.31. The molecule has 1 aromatic heterocycles. The van der Waals surface area contributed by atoms with Crippen LogP contribution in [0.3, 0.4) is 0 Å². The van der Waals surface area contributed by atoms with Crippen molar-refractivity contribution in [3.8, 4) is 22.6 Å². The van der Waals surface area contributed by atoms with E-state index < -0.39 is 42.6 Å². The monoisotopic (exact) mass is 416 g/mol. The lowest BCUT2D eigenvalue weighted by Gasteiger charge is -2.40. The first-order valence-electron chi connectivity index (χ1n) is 9.20. The number of hydrogen-bond acceptors (Lipinski definition) is 9. The van der Waals surface area contributed by atoms with Crippen LogP contribution in [0.5, 0.6) is 11.5 Å². The lowest BCUT2D eigenvalue weighted by molar-refractivity contribution is -0.231. The van der Waals surface area contributed by atoms with Crippen LogP contribution < -0.4 is 5.43 Å². The number of aliphatic hydroxyl groups excluding tert-OH is 4. The molecule has 0 bridgehead atoms. The van der Waals surface area contributed by atoms with E-state index in [2.05, 4.69) is 0 Å². The Morgan fingerprint density at radius 2 is 1.60 bits per heavy atom. The molecule has 3 aromatic rings. The minimum absolute atomic E-state index is 0.0405. The molecular formula is C21H20O9. The molecule has 9 nitrogen and oxygen atoms in total. The van der Waals surface area contributed by atoms with Gasteiger partial charge in [0.2, 0.25) is 5.43 Å². The van der Waals surface area contributed by atoms with Gasteiger partial charge in [0, 0.05) is 0 Å². The molecular weight excluding hydrogens is 396 g/mol. The van der Waals surface area contributed by atoms with E-state index in [1.807, 2.05) is 0 Å². The van der Waals surface area contributed by atoms with Crippen LogP contribution >= 0.6 is 0 Å². The molecule has 0 saturated carbocycles. The molecule has 158 valence electrons. The number of rotatable bonds is 3. The van der Waals surface area contributed by atoms with Crippen molar-refractivity contribution in [3.05, 3.63) is 58.4 Å². The number of phenolic OH excluding ortho intramolecular Hbond substituents is 2. The molecule has 6 N–H and O–H groups in total. The number of aromatic hydroxyl groups is 2. The minimum atomic E-state index is -1.65. The van der Waals surface area contributed by atoms with Gasteiger partial charge in [0.15, 0.2) is 0 Å². The molecule has 4 rings (SSSR count). The Labute approximate surface area is 169 Å². The highest BCUT2D eigenvalue weighted by Gasteiger charge is 2.45. The summed E-state index contributed by atoms with van der Waals surface area (Å²) in [5, 5.41) is 59.8. The number of phenols is 2. The third kappa shape index (κ3) is 3.22. The predicted octanol–water partition coefficient (Wildman–Crippen LogP) is 0.386. The summed E-state index contributed by atoms with van der Waals surface area (Å²) in [6.45, 7) is -0.637. The van der Waals surface area contributed by atoms with E-state index in [9.17, 15) is 35.4 Å². The average molecular weight is 416 g/mol. The van der Waals surface area contributed by atoms with Crippen molar-refractivity contribution in [1.29, 1.82) is 0 Å². The van der Waals surface area contributed by atoms with Crippen molar-refractivity contribution in [3.63, 3.8) is 0 Å². The second-order valence-corrected chi connectivity index (χ2v) is 7.15. The normalized spacial score (nSPS) is 26.7. The van der Waals surface area contributed by atoms with Gasteiger partial charge in [-0.25, -0.2) is 0 Å². The van der Waals surface area contributed by atoms with Crippen LogP contribution in [0.15, 0.2) is 51.9 Å². The van der Waals surface area contributed by atoms with E-state index >= 15 is 0 Å². The lowest BCUT2D eigenvalue weighted by Crippen LogP contribution is -2.55. The zero-order valence-corrected chi connectivity index (χ0v) is 15.5. The minimum Gasteiger partial charge on any atom is -0.508 e. The van der Waals surface area contributed by atoms with E-state index in [1.165, 1.54) is 30.5 Å². The second kappa shape index (κ2) is 7.71. The molecule has 0 aliphatic carbocycles. The van der Waals surface area contributed by atoms with Crippen LogP contribution in [0.2, 0.25) is 0 Å². The molecule has 0 amide bonds. The summed E-state index contributed by atoms with van der Waals surface area (Å²) in [7, 11) is 0. The maximum absolute atomic E-state index is 13.0. The van der Waals surface area contributed by atoms with Gasteiger partial charge in [-0.05, 0) is 29.8 Å². The highest BCUT2D eigenvalue weighted by Crippen LogP contribution is 2.40. The SMILES string of the molecule is O=c1c(-c2ccc(O)cc2)coc2c([C@@H]3OC(CO)[C@@H](O)C(O)[C@@H]3O)c(O)ccc12. The van der Waals surface area contributed by atoms with Crippen LogP contribution in [-0.4, -0.2) is 61.7 Å². The maximum atomic E-state index is 13.0. The predicted molar refractivity (Wildman–Crippen MR) is 104 cm³/mol. The van der Waals surface area contributed by atoms with Gasteiger partial charge in [0.05, 0.1) is 23.1 Å². The van der Waals surface area contributed by atoms with Gasteiger partial charge in [-0.15, -0.1) is 0 Å². The zero-order chi connectivity index (χ0) is 21.6. The summed E-state index contributed by atoms with van der Waals surface area (Å²) in [5.41, 5.74) is 0.150. The van der Waals surface area contributed by atoms with E-state index in [4.69, 9.17) is 9.15 Å². The van der Waals surface area contributed by atoms with Crippen molar-refractivity contribution in [1.82, 2.24) is 0 Å². The van der Waals surface area contributed by atoms with Crippen molar-refractivity contribution in [2.45, 2.75) is 30.5 Å². The quantitative estimate of drug-likeness (QED) is 0.355. The standard InChI is InChI=1S/C21H20O9/c22-7-14-17(26)18(27)19(28)21(30-14)15-13(24)6-5-11-16(25)12(8-29-20(11)15)9-1-3-10(23)4-2-9/h1-6,8,14,17-19,21-24,26-28H,7H2/t14?,17-,18?,19+,21+/m1/s1. The van der Waals surface area contributed by atoms with E-state index in [0.717, 1.165) is 0 Å². The molecule has 1 saturated heterocycles. The molecule has 30 heavy (non-hydrogen) atoms. The first kappa shape index (κ1) is 20.3. The molecule has 2 aromatic carbocycles. The van der Waals surface area contributed by atoms with Gasteiger partial charge >= 0.3 is 0 Å². The zero-order valence-electron chi connectivity index (χ0n) is 15.5. The summed E-state index contributed by atoms with van der Waals surface area (Å²) >= 11 is 0. The molecule has 0 spiro atoms. The third-order valence-corrected chi connectivity index (χ3v) is 5.31. The maximum Gasteiger partial charge on any atom is 0.200 e. The fourth-order valence-electron chi connectivity index (χ4n) is 3.67. The van der Waals surface area contributed by atoms with Gasteiger partial charge in [-0.1, -0.05) is 12.1 Å². The largest absolute Gasteiger partial charge is 0.508 e. The van der Waals surface area contributed by atoms with E-state index in [0.29, 0.717) is 5.56 Å². The fraction of sp³-hybridized carbons (Fsp3) is 0.286. The van der Waals surface area contributed by atoms with E-state index in [-0.39, 0.29) is 33.6 Å². The Bertz CT molecular complexity index is 1120. The molecule has 0 radical (unpaired) electrons. The highest BCUT2D eigenvalue weighted by atomic mass is 16.5. The Kier molecular flexibility index (Phi) is 5.22. The van der Waals surface area contributed by atoms with Gasteiger partial charge in [0.1, 0.15) is 53.9 Å². The summed E-state index contributed by atoms with van der Waals surface area (Å²) in [6.07, 6.45) is -6.24. The summed E-state index contributed by atoms with van der Waals surface area (Å²) in [4.78, 5) is 13.0. The Balaban J connectivity index is 1.87. The van der Waals surface area contributed by atoms with Crippen LogP contribution in [0, 0.1) is 0 Å². The Hall–Kier alpha value is -2.95. The molecule has 9 heteroatoms. The highest BCUT2D eigenvalue weighted by molar-refractivity contribution is 5.86. The van der Waals surface area contributed by atoms with Gasteiger partial charge < -0.3 is 39.8 Å². The van der Waals surface area contributed by atoms with Crippen molar-refractivity contribution >= 4 is 11.0 Å². The molecule has 5 atom stereocenters. The smallest absolute Gasteiger partial charge is 0.200 e. The van der Waals surface area contributed by atoms with Crippen LogP contribution in [0.25, 0.3) is 22.1 Å². The van der Waals surface area contributed by atoms with Crippen molar-refractivity contribution < 1.29 is 39.8 Å². The average Bonchev–Trinajstić information content (AvgIpc) is 2.74. The second-order valence-electron chi connectivity index (χ2n) is 7.15.